The van der Waals surface area contributed by atoms with Gasteiger partial charge in [-0.3, -0.25) is 9.59 Å². The molecule has 3 N–H and O–H groups in total. The molecule has 0 unspecified atom stereocenters. The van der Waals surface area contributed by atoms with Gasteiger partial charge in [-0.15, -0.1) is 0 Å². The summed E-state index contributed by atoms with van der Waals surface area (Å²) in [5.74, 6) is 9.51. The van der Waals surface area contributed by atoms with Crippen molar-refractivity contribution in [3.05, 3.63) is 100 Å². The van der Waals surface area contributed by atoms with Crippen LogP contribution >= 0.6 is 0 Å². The molecule has 0 saturated carbocycles. The number of phenolic OH excluding ortho intramolecular Hbond substituents is 1. The predicted octanol–water partition coefficient (Wildman–Crippen LogP) is 3.56. The zero-order valence-electron chi connectivity index (χ0n) is 27.3. The standard InChI is InChI=1S/C38H32N2O9S/c1-22(2)37-29-13-9-4-5-10-14-30(42)38(37,49-37)27-20-28(41)31-32(33(27)39-29)34(43)25-16-15-23(19-26(25)35(31)44)21-40(3)36(45)48-17-18-50(46,47)24-11-7-6-8-12-24/h4-8,11-12,15-16,19-20,22,29-30,39,41-42H,17-18,21H2,1-3H3/b5-4-/t29-,30+,37-,38-/m0/s1. The van der Waals surface area contributed by atoms with Crippen LogP contribution in [0.15, 0.2) is 71.6 Å². The molecule has 1 amide bonds. The summed E-state index contributed by atoms with van der Waals surface area (Å²) in [6.07, 6.45) is 0.966. The number of epoxide rings is 1. The second kappa shape index (κ2) is 11.9. The number of amides is 1. The molecular formula is C38H32N2O9S. The average molecular weight is 693 g/mol. The number of aromatic hydroxyl groups is 1. The van der Waals surface area contributed by atoms with E-state index in [9.17, 15) is 33.0 Å². The molecule has 7 rings (SSSR count). The van der Waals surface area contributed by atoms with E-state index in [2.05, 4.69) is 29.0 Å². The maximum absolute atomic E-state index is 14.2. The minimum Gasteiger partial charge on any atom is -0.507 e. The number of carbonyl (C=O) groups is 3. The monoisotopic (exact) mass is 692 g/mol. The van der Waals surface area contributed by atoms with Crippen LogP contribution in [0.3, 0.4) is 0 Å². The first-order valence-electron chi connectivity index (χ1n) is 15.9. The van der Waals surface area contributed by atoms with Gasteiger partial charge in [0.1, 0.15) is 24.0 Å². The Bertz CT molecular complexity index is 2260. The van der Waals surface area contributed by atoms with Gasteiger partial charge in [0.2, 0.25) is 0 Å². The second-order valence-corrected chi connectivity index (χ2v) is 15.0. The molecule has 2 aliphatic carbocycles. The maximum atomic E-state index is 14.2. The molecule has 0 spiro atoms. The number of nitrogens with zero attached hydrogens (tertiary/aromatic N) is 1. The Morgan fingerprint density at radius 2 is 1.72 bits per heavy atom. The molecule has 0 radical (unpaired) electrons. The van der Waals surface area contributed by atoms with Crippen LogP contribution in [0.4, 0.5) is 10.5 Å². The molecule has 3 aromatic rings. The fraction of sp³-hybridized carbons (Fsp3) is 0.289. The third kappa shape index (κ3) is 4.90. The van der Waals surface area contributed by atoms with Crippen LogP contribution in [0.25, 0.3) is 0 Å². The van der Waals surface area contributed by atoms with Gasteiger partial charge in [-0.05, 0) is 54.0 Å². The quantitative estimate of drug-likeness (QED) is 0.148. The smallest absolute Gasteiger partial charge is 0.409 e. The maximum Gasteiger partial charge on any atom is 0.409 e. The molecule has 3 aromatic carbocycles. The molecular weight excluding hydrogens is 660 g/mol. The summed E-state index contributed by atoms with van der Waals surface area (Å²) in [6, 6.07) is 13.1. The van der Waals surface area contributed by atoms with Gasteiger partial charge < -0.3 is 29.9 Å². The van der Waals surface area contributed by atoms with Gasteiger partial charge in [0.25, 0.3) is 0 Å². The largest absolute Gasteiger partial charge is 0.507 e. The summed E-state index contributed by atoms with van der Waals surface area (Å²) < 4.78 is 36.7. The van der Waals surface area contributed by atoms with Gasteiger partial charge >= 0.3 is 6.09 Å². The number of hydrogen-bond donors (Lipinski definition) is 3. The van der Waals surface area contributed by atoms with Crippen molar-refractivity contribution in [1.82, 2.24) is 4.90 Å². The molecule has 11 nitrogen and oxygen atoms in total. The Labute approximate surface area is 288 Å². The van der Waals surface area contributed by atoms with Crippen LogP contribution in [-0.2, 0) is 31.5 Å². The zero-order chi connectivity index (χ0) is 35.6. The lowest BCUT2D eigenvalue weighted by atomic mass is 9.67. The van der Waals surface area contributed by atoms with Crippen LogP contribution in [-0.4, -0.2) is 78.3 Å². The number of aliphatic hydroxyl groups is 1. The molecule has 2 aliphatic heterocycles. The van der Waals surface area contributed by atoms with E-state index in [-0.39, 0.29) is 51.9 Å². The van der Waals surface area contributed by atoms with Crippen molar-refractivity contribution >= 4 is 33.2 Å². The van der Waals surface area contributed by atoms with E-state index in [1.807, 2.05) is 13.8 Å². The van der Waals surface area contributed by atoms with E-state index in [4.69, 9.17) is 9.47 Å². The SMILES string of the molecule is CC(C)[C@@]12O[C@]13c1cc(O)c4c(c1N[C@H]2C#C/C=C\C#C[C@H]3O)C(=O)c1ccc(CN(C)C(=O)OCCS(=O)(=O)c2ccccc2)cc1C4=O. The van der Waals surface area contributed by atoms with Crippen LogP contribution in [0.5, 0.6) is 5.75 Å². The predicted molar refractivity (Wildman–Crippen MR) is 181 cm³/mol. The number of phenols is 1. The van der Waals surface area contributed by atoms with E-state index in [0.29, 0.717) is 11.1 Å². The van der Waals surface area contributed by atoms with E-state index < -0.39 is 62.3 Å². The number of benzene rings is 3. The molecule has 4 atom stereocenters. The number of aliphatic hydroxyl groups excluding tert-OH is 1. The van der Waals surface area contributed by atoms with Crippen molar-refractivity contribution in [1.29, 1.82) is 0 Å². The number of fused-ring (bicyclic) bond motifs is 4. The summed E-state index contributed by atoms with van der Waals surface area (Å²) in [5.41, 5.74) is -1.55. The Hall–Kier alpha value is -5.40. The molecule has 0 aromatic heterocycles. The number of rotatable bonds is 7. The lowest BCUT2D eigenvalue weighted by Gasteiger charge is -2.38. The summed E-state index contributed by atoms with van der Waals surface area (Å²) >= 11 is 0. The highest BCUT2D eigenvalue weighted by molar-refractivity contribution is 7.91. The number of nitrogens with one attached hydrogen (secondary N) is 1. The summed E-state index contributed by atoms with van der Waals surface area (Å²) in [7, 11) is -2.18. The fourth-order valence-electron chi connectivity index (χ4n) is 7.26. The normalized spacial score (nSPS) is 24.4. The molecule has 254 valence electrons. The Morgan fingerprint density at radius 3 is 2.44 bits per heavy atom. The Balaban J connectivity index is 1.16. The molecule has 2 bridgehead atoms. The molecule has 50 heavy (non-hydrogen) atoms. The minimum atomic E-state index is -3.64. The van der Waals surface area contributed by atoms with Crippen molar-refractivity contribution in [2.75, 3.05) is 24.7 Å². The Morgan fingerprint density at radius 1 is 1.02 bits per heavy atom. The molecule has 2 heterocycles. The van der Waals surface area contributed by atoms with Crippen LogP contribution in [0.1, 0.15) is 56.8 Å². The summed E-state index contributed by atoms with van der Waals surface area (Å²) in [4.78, 5) is 42.3. The lowest BCUT2D eigenvalue weighted by Crippen LogP contribution is -2.52. The van der Waals surface area contributed by atoms with E-state index in [1.54, 1.807) is 30.3 Å². The van der Waals surface area contributed by atoms with Gasteiger partial charge in [-0.25, -0.2) is 13.2 Å². The fourth-order valence-corrected chi connectivity index (χ4v) is 8.37. The Kier molecular flexibility index (Phi) is 7.87. The highest BCUT2D eigenvalue weighted by atomic mass is 32.2. The third-order valence-electron chi connectivity index (χ3n) is 9.67. The van der Waals surface area contributed by atoms with E-state index in [1.165, 1.54) is 48.4 Å². The number of anilines is 1. The minimum absolute atomic E-state index is 0.0194. The van der Waals surface area contributed by atoms with Crippen molar-refractivity contribution in [2.45, 2.75) is 48.6 Å². The van der Waals surface area contributed by atoms with Crippen molar-refractivity contribution in [3.8, 4) is 29.4 Å². The van der Waals surface area contributed by atoms with E-state index in [0.717, 1.165) is 0 Å². The number of ether oxygens (including phenoxy) is 2. The molecule has 4 aliphatic rings. The van der Waals surface area contributed by atoms with Crippen LogP contribution < -0.4 is 5.32 Å². The average Bonchev–Trinajstić information content (AvgIpc) is 3.83. The summed E-state index contributed by atoms with van der Waals surface area (Å²) in [5, 5.41) is 26.1. The molecule has 1 saturated heterocycles. The van der Waals surface area contributed by atoms with Gasteiger partial charge in [-0.2, -0.15) is 0 Å². The number of ketones is 2. The topological polar surface area (TPSA) is 163 Å². The lowest BCUT2D eigenvalue weighted by molar-refractivity contribution is 0.0975. The first-order chi connectivity index (χ1) is 23.8. The van der Waals surface area contributed by atoms with Crippen molar-refractivity contribution < 1.29 is 42.5 Å². The van der Waals surface area contributed by atoms with Crippen molar-refractivity contribution in [2.24, 2.45) is 5.92 Å². The van der Waals surface area contributed by atoms with Crippen LogP contribution in [0.2, 0.25) is 0 Å². The first kappa shape index (κ1) is 33.1. The molecule has 12 heteroatoms. The second-order valence-electron chi connectivity index (χ2n) is 12.9. The van der Waals surface area contributed by atoms with Crippen LogP contribution in [0, 0.1) is 29.6 Å². The van der Waals surface area contributed by atoms with Crippen molar-refractivity contribution in [3.63, 3.8) is 0 Å². The van der Waals surface area contributed by atoms with Gasteiger partial charge in [0.05, 0.1) is 27.5 Å². The number of carbonyl (C=O) groups excluding carboxylic acids is 3. The zero-order valence-corrected chi connectivity index (χ0v) is 28.1. The highest BCUT2D eigenvalue weighted by Crippen LogP contribution is 2.68. The summed E-state index contributed by atoms with van der Waals surface area (Å²) in [6.45, 7) is 3.48. The molecule has 1 fully saturated rings. The van der Waals surface area contributed by atoms with Gasteiger partial charge in [0.15, 0.2) is 33.1 Å². The number of hydrogen-bond acceptors (Lipinski definition) is 10. The third-order valence-corrected chi connectivity index (χ3v) is 11.4. The number of sulfone groups is 1. The van der Waals surface area contributed by atoms with Gasteiger partial charge in [0, 0.05) is 30.3 Å². The highest BCUT2D eigenvalue weighted by Gasteiger charge is 2.81. The number of allylic oxidation sites excluding steroid dienone is 2. The first-order valence-corrected chi connectivity index (χ1v) is 17.6. The van der Waals surface area contributed by atoms with E-state index >= 15 is 0 Å². The van der Waals surface area contributed by atoms with Gasteiger partial charge in [-0.1, -0.05) is 61.8 Å².